The summed E-state index contributed by atoms with van der Waals surface area (Å²) >= 11 is 0. The molecule has 3 rings (SSSR count). The SMILES string of the molecule is O=C(O)C1CC1c1nc(Cc2ccc(F)cc2)no1. The summed E-state index contributed by atoms with van der Waals surface area (Å²) in [5.74, 6) is -0.823. The molecular formula is C13H11FN2O3. The van der Waals surface area contributed by atoms with E-state index in [0.717, 1.165) is 5.56 Å². The number of benzene rings is 1. The van der Waals surface area contributed by atoms with Gasteiger partial charge in [0.15, 0.2) is 5.82 Å². The first-order valence-corrected chi connectivity index (χ1v) is 5.93. The van der Waals surface area contributed by atoms with Crippen molar-refractivity contribution in [2.24, 2.45) is 5.92 Å². The zero-order chi connectivity index (χ0) is 13.4. The van der Waals surface area contributed by atoms with Gasteiger partial charge in [-0.2, -0.15) is 4.98 Å². The zero-order valence-electron chi connectivity index (χ0n) is 9.91. The highest BCUT2D eigenvalue weighted by Crippen LogP contribution is 2.46. The standard InChI is InChI=1S/C13H11FN2O3/c14-8-3-1-7(2-4-8)5-11-15-12(19-16-11)9-6-10(9)13(17)18/h1-4,9-10H,5-6H2,(H,17,18). The lowest BCUT2D eigenvalue weighted by molar-refractivity contribution is -0.138. The van der Waals surface area contributed by atoms with E-state index < -0.39 is 11.9 Å². The van der Waals surface area contributed by atoms with Crippen molar-refractivity contribution in [1.29, 1.82) is 0 Å². The Kier molecular flexibility index (Phi) is 2.77. The summed E-state index contributed by atoms with van der Waals surface area (Å²) in [6, 6.07) is 6.06. The molecule has 0 bridgehead atoms. The summed E-state index contributed by atoms with van der Waals surface area (Å²) in [6.45, 7) is 0. The van der Waals surface area contributed by atoms with Crippen LogP contribution in [0.15, 0.2) is 28.8 Å². The van der Waals surface area contributed by atoms with Crippen molar-refractivity contribution < 1.29 is 18.8 Å². The minimum atomic E-state index is -0.830. The molecule has 2 atom stereocenters. The van der Waals surface area contributed by atoms with Gasteiger partial charge < -0.3 is 9.63 Å². The quantitative estimate of drug-likeness (QED) is 0.911. The normalized spacial score (nSPS) is 21.3. The van der Waals surface area contributed by atoms with Gasteiger partial charge in [-0.3, -0.25) is 4.79 Å². The first kappa shape index (κ1) is 11.8. The molecule has 0 amide bonds. The Morgan fingerprint density at radius 2 is 2.16 bits per heavy atom. The Bertz CT molecular complexity index is 609. The van der Waals surface area contributed by atoms with E-state index in [9.17, 15) is 9.18 Å². The third-order valence-electron chi connectivity index (χ3n) is 3.18. The van der Waals surface area contributed by atoms with Crippen LogP contribution in [0.3, 0.4) is 0 Å². The van der Waals surface area contributed by atoms with Gasteiger partial charge in [0.2, 0.25) is 5.89 Å². The van der Waals surface area contributed by atoms with E-state index >= 15 is 0 Å². The molecular weight excluding hydrogens is 251 g/mol. The number of carboxylic acid groups (broad SMARTS) is 1. The molecule has 1 aliphatic rings. The Morgan fingerprint density at radius 1 is 1.42 bits per heavy atom. The lowest BCUT2D eigenvalue weighted by Crippen LogP contribution is -1.99. The van der Waals surface area contributed by atoms with Gasteiger partial charge in [0, 0.05) is 6.42 Å². The molecule has 0 spiro atoms. The molecule has 1 heterocycles. The predicted octanol–water partition coefficient (Wildman–Crippen LogP) is 1.99. The number of halogens is 1. The van der Waals surface area contributed by atoms with Crippen molar-refractivity contribution in [2.45, 2.75) is 18.8 Å². The van der Waals surface area contributed by atoms with Gasteiger partial charge in [0.05, 0.1) is 11.8 Å². The first-order chi connectivity index (χ1) is 9.13. The van der Waals surface area contributed by atoms with Crippen molar-refractivity contribution in [2.75, 3.05) is 0 Å². The summed E-state index contributed by atoms with van der Waals surface area (Å²) < 4.78 is 17.8. The third kappa shape index (κ3) is 2.47. The summed E-state index contributed by atoms with van der Waals surface area (Å²) in [4.78, 5) is 14.9. The van der Waals surface area contributed by atoms with Crippen LogP contribution in [0.5, 0.6) is 0 Å². The van der Waals surface area contributed by atoms with Gasteiger partial charge in [-0.25, -0.2) is 4.39 Å². The van der Waals surface area contributed by atoms with E-state index in [0.29, 0.717) is 24.6 Å². The fourth-order valence-corrected chi connectivity index (χ4v) is 2.02. The van der Waals surface area contributed by atoms with Gasteiger partial charge in [-0.05, 0) is 24.1 Å². The Morgan fingerprint density at radius 3 is 2.79 bits per heavy atom. The van der Waals surface area contributed by atoms with Crippen LogP contribution < -0.4 is 0 Å². The molecule has 2 aromatic rings. The van der Waals surface area contributed by atoms with Gasteiger partial charge in [0.1, 0.15) is 5.82 Å². The zero-order valence-corrected chi connectivity index (χ0v) is 9.91. The average Bonchev–Trinajstić information content (AvgIpc) is 3.07. The number of rotatable bonds is 4. The molecule has 0 aliphatic heterocycles. The third-order valence-corrected chi connectivity index (χ3v) is 3.18. The Hall–Kier alpha value is -2.24. The van der Waals surface area contributed by atoms with Crippen LogP contribution in [0, 0.1) is 11.7 Å². The average molecular weight is 262 g/mol. The second-order valence-electron chi connectivity index (χ2n) is 4.64. The lowest BCUT2D eigenvalue weighted by Gasteiger charge is -1.95. The largest absolute Gasteiger partial charge is 0.481 e. The van der Waals surface area contributed by atoms with E-state index in [4.69, 9.17) is 9.63 Å². The van der Waals surface area contributed by atoms with Crippen LogP contribution in [0.25, 0.3) is 0 Å². The van der Waals surface area contributed by atoms with Crippen LogP contribution in [-0.2, 0) is 11.2 Å². The van der Waals surface area contributed by atoms with Crippen LogP contribution >= 0.6 is 0 Å². The van der Waals surface area contributed by atoms with Crippen LogP contribution in [0.1, 0.15) is 29.6 Å². The maximum Gasteiger partial charge on any atom is 0.307 e. The molecule has 0 radical (unpaired) electrons. The number of carbonyl (C=O) groups is 1. The molecule has 98 valence electrons. The van der Waals surface area contributed by atoms with Gasteiger partial charge in [-0.15, -0.1) is 0 Å². The van der Waals surface area contributed by atoms with Gasteiger partial charge in [-0.1, -0.05) is 17.3 Å². The number of carboxylic acids is 1. The maximum atomic E-state index is 12.8. The van der Waals surface area contributed by atoms with Crippen LogP contribution in [-0.4, -0.2) is 21.2 Å². The Labute approximate surface area is 108 Å². The second kappa shape index (κ2) is 4.46. The fraction of sp³-hybridized carbons (Fsp3) is 0.308. The second-order valence-corrected chi connectivity index (χ2v) is 4.64. The maximum absolute atomic E-state index is 12.8. The Balaban J connectivity index is 1.69. The highest BCUT2D eigenvalue weighted by Gasteiger charge is 2.48. The van der Waals surface area contributed by atoms with Crippen molar-refractivity contribution in [1.82, 2.24) is 10.1 Å². The van der Waals surface area contributed by atoms with Crippen LogP contribution in [0.2, 0.25) is 0 Å². The monoisotopic (exact) mass is 262 g/mol. The molecule has 1 aromatic heterocycles. The molecule has 1 saturated carbocycles. The number of hydrogen-bond acceptors (Lipinski definition) is 4. The summed E-state index contributed by atoms with van der Waals surface area (Å²) in [5, 5.41) is 12.6. The minimum absolute atomic E-state index is 0.160. The molecule has 19 heavy (non-hydrogen) atoms. The van der Waals surface area contributed by atoms with E-state index in [-0.39, 0.29) is 11.7 Å². The van der Waals surface area contributed by atoms with E-state index in [1.54, 1.807) is 12.1 Å². The van der Waals surface area contributed by atoms with Crippen LogP contribution in [0.4, 0.5) is 4.39 Å². The van der Waals surface area contributed by atoms with E-state index in [1.165, 1.54) is 12.1 Å². The molecule has 1 aromatic carbocycles. The number of hydrogen-bond donors (Lipinski definition) is 1. The molecule has 1 aliphatic carbocycles. The number of aromatic nitrogens is 2. The summed E-state index contributed by atoms with van der Waals surface area (Å²) in [7, 11) is 0. The highest BCUT2D eigenvalue weighted by atomic mass is 19.1. The smallest absolute Gasteiger partial charge is 0.307 e. The topological polar surface area (TPSA) is 76.2 Å². The molecule has 6 heteroatoms. The predicted molar refractivity (Wildman–Crippen MR) is 62.0 cm³/mol. The van der Waals surface area contributed by atoms with Crippen molar-refractivity contribution in [3.63, 3.8) is 0 Å². The molecule has 0 saturated heterocycles. The molecule has 2 unspecified atom stereocenters. The number of aliphatic carboxylic acids is 1. The molecule has 1 N–H and O–H groups in total. The molecule has 1 fully saturated rings. The lowest BCUT2D eigenvalue weighted by atomic mass is 10.1. The van der Waals surface area contributed by atoms with Gasteiger partial charge >= 0.3 is 5.97 Å². The van der Waals surface area contributed by atoms with E-state index in [1.807, 2.05) is 0 Å². The summed E-state index contributed by atoms with van der Waals surface area (Å²) in [6.07, 6.45) is 0.988. The summed E-state index contributed by atoms with van der Waals surface area (Å²) in [5.41, 5.74) is 0.874. The minimum Gasteiger partial charge on any atom is -0.481 e. The number of nitrogens with zero attached hydrogens (tertiary/aromatic N) is 2. The fourth-order valence-electron chi connectivity index (χ4n) is 2.02. The van der Waals surface area contributed by atoms with E-state index in [2.05, 4.69) is 10.1 Å². The van der Waals surface area contributed by atoms with Crippen molar-refractivity contribution in [3.8, 4) is 0 Å². The van der Waals surface area contributed by atoms with Crippen molar-refractivity contribution >= 4 is 5.97 Å². The highest BCUT2D eigenvalue weighted by molar-refractivity contribution is 5.74. The van der Waals surface area contributed by atoms with Crippen molar-refractivity contribution in [3.05, 3.63) is 47.4 Å². The first-order valence-electron chi connectivity index (χ1n) is 5.93. The van der Waals surface area contributed by atoms with Gasteiger partial charge in [0.25, 0.3) is 0 Å². The molecule has 5 nitrogen and oxygen atoms in total.